The predicted molar refractivity (Wildman–Crippen MR) is 53.7 cm³/mol. The Kier molecular flexibility index (Phi) is 2.82. The van der Waals surface area contributed by atoms with Crippen molar-refractivity contribution in [3.05, 3.63) is 12.7 Å². The van der Waals surface area contributed by atoms with Crippen molar-refractivity contribution in [2.45, 2.75) is 37.4 Å². The Morgan fingerprint density at radius 3 is 2.69 bits per heavy atom. The highest BCUT2D eigenvalue weighted by Crippen LogP contribution is 2.37. The molecule has 0 aromatic rings. The summed E-state index contributed by atoms with van der Waals surface area (Å²) in [5.41, 5.74) is 0. The molecule has 0 aromatic heterocycles. The number of primary sulfonamides is 1. The molecule has 1 aliphatic carbocycles. The smallest absolute Gasteiger partial charge is 0.214 e. The lowest BCUT2D eigenvalue weighted by Gasteiger charge is -2.34. The third kappa shape index (κ3) is 2.11. The fraction of sp³-hybridized carbons (Fsp3) is 0.778. The lowest BCUT2D eigenvalue weighted by atomic mass is 9.82. The van der Waals surface area contributed by atoms with Crippen molar-refractivity contribution in [2.75, 3.05) is 0 Å². The first-order valence-electron chi connectivity index (χ1n) is 4.54. The maximum atomic E-state index is 11.3. The standard InChI is InChI=1S/C9H17NO2S/c1-3-8-5-4-6-9(2,7-8)13(10,11)12/h3,8H,1,4-7H2,2H3,(H2,10,11,12). The van der Waals surface area contributed by atoms with Crippen molar-refractivity contribution >= 4 is 10.0 Å². The molecule has 1 saturated carbocycles. The minimum Gasteiger partial charge on any atom is -0.228 e. The van der Waals surface area contributed by atoms with E-state index in [4.69, 9.17) is 5.14 Å². The third-order valence-electron chi connectivity index (χ3n) is 2.99. The van der Waals surface area contributed by atoms with Gasteiger partial charge in [-0.3, -0.25) is 0 Å². The van der Waals surface area contributed by atoms with Gasteiger partial charge in [-0.05, 0) is 32.1 Å². The number of nitrogens with two attached hydrogens (primary N) is 1. The van der Waals surface area contributed by atoms with Gasteiger partial charge in [0.25, 0.3) is 0 Å². The highest BCUT2D eigenvalue weighted by atomic mass is 32.2. The van der Waals surface area contributed by atoms with Crippen LogP contribution in [0.5, 0.6) is 0 Å². The molecule has 1 rings (SSSR count). The SMILES string of the molecule is C=CC1CCCC(C)(S(N)(=O)=O)C1. The molecule has 0 bridgehead atoms. The minimum atomic E-state index is -3.42. The molecule has 0 heterocycles. The second-order valence-electron chi connectivity index (χ2n) is 4.09. The van der Waals surface area contributed by atoms with E-state index in [1.807, 2.05) is 6.08 Å². The third-order valence-corrected chi connectivity index (χ3v) is 4.74. The molecule has 0 amide bonds. The first-order chi connectivity index (χ1) is 5.89. The maximum absolute atomic E-state index is 11.3. The van der Waals surface area contributed by atoms with Crippen molar-refractivity contribution in [3.63, 3.8) is 0 Å². The molecule has 1 aliphatic rings. The lowest BCUT2D eigenvalue weighted by molar-refractivity contribution is 0.339. The van der Waals surface area contributed by atoms with Gasteiger partial charge in [0.2, 0.25) is 10.0 Å². The Hall–Kier alpha value is -0.350. The van der Waals surface area contributed by atoms with E-state index < -0.39 is 14.8 Å². The summed E-state index contributed by atoms with van der Waals surface area (Å²) in [4.78, 5) is 0. The van der Waals surface area contributed by atoms with E-state index >= 15 is 0 Å². The van der Waals surface area contributed by atoms with Crippen LogP contribution in [0.2, 0.25) is 0 Å². The largest absolute Gasteiger partial charge is 0.228 e. The number of hydrogen-bond acceptors (Lipinski definition) is 2. The second kappa shape index (κ2) is 3.42. The van der Waals surface area contributed by atoms with Crippen LogP contribution in [0.3, 0.4) is 0 Å². The molecular weight excluding hydrogens is 186 g/mol. The van der Waals surface area contributed by atoms with E-state index in [1.165, 1.54) is 0 Å². The Bertz CT molecular complexity index is 297. The zero-order valence-electron chi connectivity index (χ0n) is 7.99. The van der Waals surface area contributed by atoms with E-state index in [2.05, 4.69) is 6.58 Å². The fourth-order valence-corrected chi connectivity index (χ4v) is 2.83. The van der Waals surface area contributed by atoms with Crippen molar-refractivity contribution < 1.29 is 8.42 Å². The van der Waals surface area contributed by atoms with Crippen LogP contribution in [-0.2, 0) is 10.0 Å². The van der Waals surface area contributed by atoms with Crippen LogP contribution in [0, 0.1) is 5.92 Å². The summed E-state index contributed by atoms with van der Waals surface area (Å²) in [5.74, 6) is 0.303. The van der Waals surface area contributed by atoms with E-state index in [0.717, 1.165) is 12.8 Å². The molecule has 4 heteroatoms. The molecule has 0 radical (unpaired) electrons. The lowest BCUT2D eigenvalue weighted by Crippen LogP contribution is -2.44. The van der Waals surface area contributed by atoms with Gasteiger partial charge in [0.1, 0.15) is 0 Å². The Morgan fingerprint density at radius 2 is 2.23 bits per heavy atom. The van der Waals surface area contributed by atoms with Gasteiger partial charge in [-0.1, -0.05) is 12.5 Å². The van der Waals surface area contributed by atoms with E-state index in [1.54, 1.807) is 6.92 Å². The van der Waals surface area contributed by atoms with Crippen LogP contribution in [0.4, 0.5) is 0 Å². The second-order valence-corrected chi connectivity index (χ2v) is 6.16. The summed E-state index contributed by atoms with van der Waals surface area (Å²) in [6.07, 6.45) is 5.09. The van der Waals surface area contributed by atoms with E-state index in [0.29, 0.717) is 18.8 Å². The Morgan fingerprint density at radius 1 is 1.62 bits per heavy atom. The molecular formula is C9H17NO2S. The predicted octanol–water partition coefficient (Wildman–Crippen LogP) is 1.41. The van der Waals surface area contributed by atoms with Gasteiger partial charge in [0.05, 0.1) is 4.75 Å². The summed E-state index contributed by atoms with van der Waals surface area (Å²) in [5, 5.41) is 5.20. The molecule has 1 fully saturated rings. The molecule has 0 aromatic carbocycles. The van der Waals surface area contributed by atoms with E-state index in [-0.39, 0.29) is 0 Å². The normalized spacial score (nSPS) is 35.7. The van der Waals surface area contributed by atoms with Crippen molar-refractivity contribution in [2.24, 2.45) is 11.1 Å². The molecule has 0 spiro atoms. The highest BCUT2D eigenvalue weighted by molar-refractivity contribution is 7.90. The van der Waals surface area contributed by atoms with E-state index in [9.17, 15) is 8.42 Å². The molecule has 2 atom stereocenters. The number of allylic oxidation sites excluding steroid dienone is 1. The van der Waals surface area contributed by atoms with Gasteiger partial charge in [-0.25, -0.2) is 13.6 Å². The van der Waals surface area contributed by atoms with Crippen molar-refractivity contribution in [1.82, 2.24) is 0 Å². The van der Waals surface area contributed by atoms with Crippen molar-refractivity contribution in [1.29, 1.82) is 0 Å². The molecule has 76 valence electrons. The van der Waals surface area contributed by atoms with Crippen LogP contribution < -0.4 is 5.14 Å². The average Bonchev–Trinajstić information content (AvgIpc) is 2.02. The van der Waals surface area contributed by atoms with Crippen LogP contribution in [0.1, 0.15) is 32.6 Å². The fourth-order valence-electron chi connectivity index (χ4n) is 1.96. The van der Waals surface area contributed by atoms with Crippen LogP contribution >= 0.6 is 0 Å². The molecule has 2 unspecified atom stereocenters. The maximum Gasteiger partial charge on any atom is 0.214 e. The van der Waals surface area contributed by atoms with Crippen LogP contribution in [0.25, 0.3) is 0 Å². The Balaban J connectivity index is 2.86. The van der Waals surface area contributed by atoms with Gasteiger partial charge in [0.15, 0.2) is 0 Å². The highest BCUT2D eigenvalue weighted by Gasteiger charge is 2.40. The minimum absolute atomic E-state index is 0.303. The number of hydrogen-bond donors (Lipinski definition) is 1. The quantitative estimate of drug-likeness (QED) is 0.690. The Labute approximate surface area is 80.1 Å². The molecule has 0 aliphatic heterocycles. The van der Waals surface area contributed by atoms with Gasteiger partial charge in [-0.2, -0.15) is 0 Å². The van der Waals surface area contributed by atoms with Crippen LogP contribution in [0.15, 0.2) is 12.7 Å². The molecule has 0 saturated heterocycles. The molecule has 13 heavy (non-hydrogen) atoms. The molecule has 2 N–H and O–H groups in total. The summed E-state index contributed by atoms with van der Waals surface area (Å²) in [7, 11) is -3.42. The van der Waals surface area contributed by atoms with Crippen molar-refractivity contribution in [3.8, 4) is 0 Å². The summed E-state index contributed by atoms with van der Waals surface area (Å²) >= 11 is 0. The van der Waals surface area contributed by atoms with Gasteiger partial charge in [0, 0.05) is 0 Å². The summed E-state index contributed by atoms with van der Waals surface area (Å²) < 4.78 is 21.9. The number of sulfonamides is 1. The first-order valence-corrected chi connectivity index (χ1v) is 6.08. The number of rotatable bonds is 2. The average molecular weight is 203 g/mol. The monoisotopic (exact) mass is 203 g/mol. The zero-order valence-corrected chi connectivity index (χ0v) is 8.81. The zero-order chi connectivity index (χ0) is 10.1. The van der Waals surface area contributed by atoms with Gasteiger partial charge >= 0.3 is 0 Å². The van der Waals surface area contributed by atoms with Gasteiger partial charge < -0.3 is 0 Å². The summed E-state index contributed by atoms with van der Waals surface area (Å²) in [6.45, 7) is 5.43. The topological polar surface area (TPSA) is 60.2 Å². The molecule has 3 nitrogen and oxygen atoms in total. The van der Waals surface area contributed by atoms with Gasteiger partial charge in [-0.15, -0.1) is 6.58 Å². The first kappa shape index (κ1) is 10.7. The summed E-state index contributed by atoms with van der Waals surface area (Å²) in [6, 6.07) is 0. The van der Waals surface area contributed by atoms with Crippen LogP contribution in [-0.4, -0.2) is 13.2 Å².